The highest BCUT2D eigenvalue weighted by molar-refractivity contribution is 5.76. The molecule has 0 radical (unpaired) electrons. The van der Waals surface area contributed by atoms with Crippen molar-refractivity contribution in [1.29, 1.82) is 0 Å². The minimum atomic E-state index is -0.308. The molecule has 0 aromatic carbocycles. The van der Waals surface area contributed by atoms with Gasteiger partial charge in [0.25, 0.3) is 0 Å². The van der Waals surface area contributed by atoms with Gasteiger partial charge in [-0.25, -0.2) is 4.98 Å². The number of hydrogen-bond acceptors (Lipinski definition) is 5. The molecule has 0 unspecified atom stereocenters. The van der Waals surface area contributed by atoms with Crippen LogP contribution in [0.4, 0.5) is 4.39 Å². The van der Waals surface area contributed by atoms with Crippen molar-refractivity contribution < 1.29 is 9.13 Å². The number of likely N-dealkylation sites (tertiary alicyclic amines) is 1. The smallest absolute Gasteiger partial charge is 0.316 e. The van der Waals surface area contributed by atoms with Crippen LogP contribution in [-0.2, 0) is 0 Å². The van der Waals surface area contributed by atoms with Gasteiger partial charge in [0, 0.05) is 35.9 Å². The number of ether oxygens (including phenoxy) is 1. The lowest BCUT2D eigenvalue weighted by molar-refractivity contribution is 0.000307. The van der Waals surface area contributed by atoms with Crippen LogP contribution in [0.1, 0.15) is 13.3 Å². The summed E-state index contributed by atoms with van der Waals surface area (Å²) >= 11 is 0. The van der Waals surface area contributed by atoms with E-state index in [1.165, 1.54) is 0 Å². The second-order valence-corrected chi connectivity index (χ2v) is 6.41. The van der Waals surface area contributed by atoms with Crippen molar-refractivity contribution in [3.63, 3.8) is 0 Å². The molecule has 3 rings (SSSR count). The zero-order valence-electron chi connectivity index (χ0n) is 13.0. The van der Waals surface area contributed by atoms with Crippen molar-refractivity contribution in [2.75, 3.05) is 33.4 Å². The maximum Gasteiger partial charge on any atom is 0.316 e. The van der Waals surface area contributed by atoms with Crippen molar-refractivity contribution in [3.05, 3.63) is 24.7 Å². The highest BCUT2D eigenvalue weighted by atomic mass is 19.1. The Bertz CT molecular complexity index is 653. The first-order chi connectivity index (χ1) is 10.6. The van der Waals surface area contributed by atoms with Crippen LogP contribution in [0.3, 0.4) is 0 Å². The molecule has 0 amide bonds. The van der Waals surface area contributed by atoms with Gasteiger partial charge in [-0.15, -0.1) is 0 Å². The molecular formula is C16H21FN4O. The number of rotatable bonds is 4. The molecule has 1 aliphatic rings. The summed E-state index contributed by atoms with van der Waals surface area (Å²) in [5.74, 6) is 0.0216. The summed E-state index contributed by atoms with van der Waals surface area (Å²) < 4.78 is 19.1. The number of alkyl halides is 1. The van der Waals surface area contributed by atoms with Gasteiger partial charge < -0.3 is 9.64 Å². The van der Waals surface area contributed by atoms with Crippen molar-refractivity contribution in [1.82, 2.24) is 19.9 Å². The number of aromatic nitrogens is 3. The number of hydrogen-bond donors (Lipinski definition) is 0. The zero-order valence-corrected chi connectivity index (χ0v) is 13.0. The quantitative estimate of drug-likeness (QED) is 0.868. The van der Waals surface area contributed by atoms with Crippen LogP contribution in [0.5, 0.6) is 6.01 Å². The highest BCUT2D eigenvalue weighted by Gasteiger charge is 2.39. The largest absolute Gasteiger partial charge is 0.463 e. The van der Waals surface area contributed by atoms with Crippen LogP contribution in [-0.4, -0.2) is 53.3 Å². The Balaban J connectivity index is 1.74. The van der Waals surface area contributed by atoms with Crippen LogP contribution in [0.15, 0.2) is 24.7 Å². The first-order valence-corrected chi connectivity index (χ1v) is 7.55. The van der Waals surface area contributed by atoms with E-state index in [-0.39, 0.29) is 18.0 Å². The van der Waals surface area contributed by atoms with Gasteiger partial charge in [0.05, 0.1) is 18.8 Å². The van der Waals surface area contributed by atoms with Crippen molar-refractivity contribution in [2.45, 2.75) is 13.3 Å². The zero-order chi connectivity index (χ0) is 15.6. The molecular weight excluding hydrogens is 283 g/mol. The third-order valence-corrected chi connectivity index (χ3v) is 4.55. The van der Waals surface area contributed by atoms with E-state index in [0.29, 0.717) is 12.6 Å². The number of halogens is 1. The van der Waals surface area contributed by atoms with E-state index in [9.17, 15) is 4.39 Å². The van der Waals surface area contributed by atoms with Gasteiger partial charge in [-0.1, -0.05) is 6.92 Å². The molecule has 1 aliphatic heterocycles. The first-order valence-electron chi connectivity index (χ1n) is 7.55. The van der Waals surface area contributed by atoms with Gasteiger partial charge in [0.1, 0.15) is 0 Å². The second-order valence-electron chi connectivity index (χ2n) is 6.41. The number of piperidine rings is 1. The molecule has 5 nitrogen and oxygen atoms in total. The fraction of sp³-hybridized carbons (Fsp3) is 0.562. The lowest BCUT2D eigenvalue weighted by Gasteiger charge is -2.43. The van der Waals surface area contributed by atoms with Gasteiger partial charge in [-0.2, -0.15) is 4.98 Å². The number of pyridine rings is 1. The SMILES string of the molecule is CN1CC[C@H](CF)[C@](C)(COc2ncc3cnccc3n2)C1. The Morgan fingerprint density at radius 2 is 2.32 bits per heavy atom. The minimum Gasteiger partial charge on any atom is -0.463 e. The van der Waals surface area contributed by atoms with E-state index >= 15 is 0 Å². The third-order valence-electron chi connectivity index (χ3n) is 4.55. The number of fused-ring (bicyclic) bond motifs is 1. The molecule has 22 heavy (non-hydrogen) atoms. The molecule has 0 saturated carbocycles. The summed E-state index contributed by atoms with van der Waals surface area (Å²) in [6, 6.07) is 2.16. The van der Waals surface area contributed by atoms with Crippen LogP contribution in [0.2, 0.25) is 0 Å². The van der Waals surface area contributed by atoms with E-state index in [1.807, 2.05) is 6.07 Å². The third kappa shape index (κ3) is 3.02. The molecule has 0 bridgehead atoms. The lowest BCUT2D eigenvalue weighted by atomic mass is 9.73. The molecule has 3 heterocycles. The lowest BCUT2D eigenvalue weighted by Crippen LogP contribution is -2.49. The molecule has 0 N–H and O–H groups in total. The molecule has 1 fully saturated rings. The second kappa shape index (κ2) is 6.12. The molecule has 2 atom stereocenters. The van der Waals surface area contributed by atoms with Crippen LogP contribution < -0.4 is 4.74 Å². The van der Waals surface area contributed by atoms with Crippen LogP contribution in [0, 0.1) is 11.3 Å². The van der Waals surface area contributed by atoms with Gasteiger partial charge in [-0.3, -0.25) is 9.37 Å². The monoisotopic (exact) mass is 304 g/mol. The number of nitrogens with zero attached hydrogens (tertiary/aromatic N) is 4. The molecule has 0 spiro atoms. The Morgan fingerprint density at radius 3 is 3.14 bits per heavy atom. The van der Waals surface area contributed by atoms with E-state index in [2.05, 4.69) is 33.8 Å². The fourth-order valence-electron chi connectivity index (χ4n) is 3.13. The van der Waals surface area contributed by atoms with Gasteiger partial charge >= 0.3 is 6.01 Å². The van der Waals surface area contributed by atoms with E-state index < -0.39 is 0 Å². The molecule has 6 heteroatoms. The predicted octanol–water partition coefficient (Wildman–Crippen LogP) is 2.33. The summed E-state index contributed by atoms with van der Waals surface area (Å²) in [4.78, 5) is 14.9. The van der Waals surface area contributed by atoms with Crippen molar-refractivity contribution in [3.8, 4) is 6.01 Å². The average Bonchev–Trinajstić information content (AvgIpc) is 2.53. The first kappa shape index (κ1) is 15.1. The Morgan fingerprint density at radius 1 is 1.45 bits per heavy atom. The van der Waals surface area contributed by atoms with Crippen molar-refractivity contribution >= 4 is 10.9 Å². The average molecular weight is 304 g/mol. The minimum absolute atomic E-state index is 0.0216. The van der Waals surface area contributed by atoms with E-state index in [4.69, 9.17) is 4.74 Å². The molecule has 0 aliphatic carbocycles. The van der Waals surface area contributed by atoms with Crippen LogP contribution in [0.25, 0.3) is 10.9 Å². The normalized spacial score (nSPS) is 26.2. The maximum atomic E-state index is 13.3. The summed E-state index contributed by atoms with van der Waals surface area (Å²) in [6.45, 7) is 3.95. The Hall–Kier alpha value is -1.82. The molecule has 1 saturated heterocycles. The van der Waals surface area contributed by atoms with E-state index in [0.717, 1.165) is 30.4 Å². The van der Waals surface area contributed by atoms with Gasteiger partial charge in [0.15, 0.2) is 0 Å². The van der Waals surface area contributed by atoms with Crippen LogP contribution >= 0.6 is 0 Å². The standard InChI is InChI=1S/C16H21FN4O/c1-16(10-21(2)6-4-13(16)7-17)11-22-15-19-9-12-8-18-5-3-14(12)20-15/h3,5,8-9,13H,4,6-7,10-11H2,1-2H3/t13-,16+/m1/s1. The van der Waals surface area contributed by atoms with Crippen molar-refractivity contribution in [2.24, 2.45) is 11.3 Å². The fourth-order valence-corrected chi connectivity index (χ4v) is 3.13. The molecule has 118 valence electrons. The molecule has 2 aromatic rings. The highest BCUT2D eigenvalue weighted by Crippen LogP contribution is 2.35. The van der Waals surface area contributed by atoms with Gasteiger partial charge in [0.2, 0.25) is 0 Å². The Labute approximate surface area is 129 Å². The topological polar surface area (TPSA) is 51.1 Å². The summed E-state index contributed by atoms with van der Waals surface area (Å²) in [5.41, 5.74) is 0.575. The summed E-state index contributed by atoms with van der Waals surface area (Å²) in [5, 5.41) is 0.875. The summed E-state index contributed by atoms with van der Waals surface area (Å²) in [7, 11) is 2.06. The summed E-state index contributed by atoms with van der Waals surface area (Å²) in [6.07, 6.45) is 5.97. The van der Waals surface area contributed by atoms with Gasteiger partial charge in [-0.05, 0) is 32.0 Å². The Kier molecular flexibility index (Phi) is 4.20. The predicted molar refractivity (Wildman–Crippen MR) is 82.5 cm³/mol. The molecule has 2 aromatic heterocycles. The van der Waals surface area contributed by atoms with E-state index in [1.54, 1.807) is 18.6 Å². The maximum absolute atomic E-state index is 13.3.